The van der Waals surface area contributed by atoms with E-state index in [0.717, 1.165) is 19.4 Å². The molecule has 0 bridgehead atoms. The third kappa shape index (κ3) is 4.42. The minimum absolute atomic E-state index is 0.429. The van der Waals surface area contributed by atoms with Crippen LogP contribution in [0, 0.1) is 0 Å². The molecule has 0 aliphatic carbocycles. The van der Waals surface area contributed by atoms with Crippen molar-refractivity contribution in [1.29, 1.82) is 0 Å². The molecule has 1 aromatic rings. The van der Waals surface area contributed by atoms with Gasteiger partial charge in [0.15, 0.2) is 0 Å². The van der Waals surface area contributed by atoms with Gasteiger partial charge in [0.2, 0.25) is 0 Å². The second kappa shape index (κ2) is 7.75. The summed E-state index contributed by atoms with van der Waals surface area (Å²) in [6.45, 7) is 1.50. The molecule has 0 spiro atoms. The molecule has 110 valence electrons. The molecule has 1 amide bonds. The third-order valence-corrected chi connectivity index (χ3v) is 3.46. The van der Waals surface area contributed by atoms with Crippen LogP contribution in [-0.2, 0) is 4.74 Å². The van der Waals surface area contributed by atoms with Crippen LogP contribution in [0.4, 0.5) is 10.5 Å². The van der Waals surface area contributed by atoms with Gasteiger partial charge in [-0.3, -0.25) is 5.32 Å². The first kappa shape index (κ1) is 14.7. The number of ether oxygens (including phenoxy) is 2. The number of carbonyl (C=O) groups is 1. The molecule has 1 aliphatic rings. The highest BCUT2D eigenvalue weighted by Crippen LogP contribution is 2.23. The second-order valence-corrected chi connectivity index (χ2v) is 4.90. The Kier molecular flexibility index (Phi) is 5.68. The molecule has 1 fully saturated rings. The van der Waals surface area contributed by atoms with E-state index in [1.165, 1.54) is 12.8 Å². The Morgan fingerprint density at radius 3 is 3.00 bits per heavy atom. The van der Waals surface area contributed by atoms with Gasteiger partial charge in [-0.1, -0.05) is 18.6 Å². The van der Waals surface area contributed by atoms with Gasteiger partial charge >= 0.3 is 6.09 Å². The lowest BCUT2D eigenvalue weighted by molar-refractivity contribution is 0.153. The van der Waals surface area contributed by atoms with Gasteiger partial charge in [0, 0.05) is 6.04 Å². The first-order valence-electron chi connectivity index (χ1n) is 7.10. The summed E-state index contributed by atoms with van der Waals surface area (Å²) in [7, 11) is 1.57. The van der Waals surface area contributed by atoms with Crippen molar-refractivity contribution >= 4 is 11.8 Å². The zero-order valence-corrected chi connectivity index (χ0v) is 11.9. The van der Waals surface area contributed by atoms with Crippen LogP contribution in [0.15, 0.2) is 24.3 Å². The van der Waals surface area contributed by atoms with Gasteiger partial charge in [0.05, 0.1) is 19.4 Å². The summed E-state index contributed by atoms with van der Waals surface area (Å²) < 4.78 is 10.4. The lowest BCUT2D eigenvalue weighted by Gasteiger charge is -2.23. The number of carbonyl (C=O) groups excluding carboxylic acids is 1. The Morgan fingerprint density at radius 1 is 1.40 bits per heavy atom. The molecule has 5 nitrogen and oxygen atoms in total. The van der Waals surface area contributed by atoms with Crippen molar-refractivity contribution in [3.8, 4) is 5.75 Å². The number of amides is 1. The molecule has 20 heavy (non-hydrogen) atoms. The minimum Gasteiger partial charge on any atom is -0.495 e. The smallest absolute Gasteiger partial charge is 0.411 e. The van der Waals surface area contributed by atoms with E-state index in [1.807, 2.05) is 12.1 Å². The summed E-state index contributed by atoms with van der Waals surface area (Å²) in [4.78, 5) is 11.7. The molecule has 1 heterocycles. The molecule has 2 N–H and O–H groups in total. The van der Waals surface area contributed by atoms with Gasteiger partial charge in [0.25, 0.3) is 0 Å². The van der Waals surface area contributed by atoms with Gasteiger partial charge < -0.3 is 14.8 Å². The molecular weight excluding hydrogens is 256 g/mol. The summed E-state index contributed by atoms with van der Waals surface area (Å²) in [5.74, 6) is 0.624. The standard InChI is InChI=1S/C15H22N2O3/c1-19-14-8-3-2-7-13(14)17-15(18)20-11-9-12-6-4-5-10-16-12/h2-3,7-8,12,16H,4-6,9-11H2,1H3,(H,17,18). The Labute approximate surface area is 119 Å². The van der Waals surface area contributed by atoms with Crippen LogP contribution in [-0.4, -0.2) is 32.4 Å². The fraction of sp³-hybridized carbons (Fsp3) is 0.533. The summed E-state index contributed by atoms with van der Waals surface area (Å²) in [5.41, 5.74) is 0.621. The van der Waals surface area contributed by atoms with Crippen molar-refractivity contribution in [2.45, 2.75) is 31.7 Å². The molecule has 1 aromatic carbocycles. The second-order valence-electron chi connectivity index (χ2n) is 4.90. The highest BCUT2D eigenvalue weighted by molar-refractivity contribution is 5.86. The summed E-state index contributed by atoms with van der Waals surface area (Å²) in [6.07, 6.45) is 4.08. The predicted molar refractivity (Wildman–Crippen MR) is 78.2 cm³/mol. The van der Waals surface area contributed by atoms with E-state index in [1.54, 1.807) is 19.2 Å². The average molecular weight is 278 g/mol. The van der Waals surface area contributed by atoms with Gasteiger partial charge in [-0.15, -0.1) is 0 Å². The number of rotatable bonds is 5. The lowest BCUT2D eigenvalue weighted by atomic mass is 10.0. The maximum atomic E-state index is 11.7. The van der Waals surface area contributed by atoms with E-state index in [4.69, 9.17) is 9.47 Å². The molecule has 0 saturated carbocycles. The quantitative estimate of drug-likeness (QED) is 0.869. The molecule has 1 aliphatic heterocycles. The Morgan fingerprint density at radius 2 is 2.25 bits per heavy atom. The van der Waals surface area contributed by atoms with Gasteiger partial charge in [-0.25, -0.2) is 4.79 Å². The van der Waals surface area contributed by atoms with Crippen LogP contribution >= 0.6 is 0 Å². The van der Waals surface area contributed by atoms with E-state index in [2.05, 4.69) is 10.6 Å². The number of anilines is 1. The third-order valence-electron chi connectivity index (χ3n) is 3.46. The van der Waals surface area contributed by atoms with Crippen LogP contribution in [0.1, 0.15) is 25.7 Å². The molecule has 2 rings (SSSR count). The molecule has 5 heteroatoms. The number of hydrogen-bond acceptors (Lipinski definition) is 4. The number of para-hydroxylation sites is 2. The van der Waals surface area contributed by atoms with Gasteiger partial charge in [-0.2, -0.15) is 0 Å². The topological polar surface area (TPSA) is 59.6 Å². The van der Waals surface area contributed by atoms with Crippen molar-refractivity contribution in [2.75, 3.05) is 25.6 Å². The number of methoxy groups -OCH3 is 1. The monoisotopic (exact) mass is 278 g/mol. The van der Waals surface area contributed by atoms with Crippen LogP contribution in [0.25, 0.3) is 0 Å². The summed E-state index contributed by atoms with van der Waals surface area (Å²) in [6, 6.07) is 7.74. The van der Waals surface area contributed by atoms with Gasteiger partial charge in [0.1, 0.15) is 5.75 Å². The van der Waals surface area contributed by atoms with Crippen molar-refractivity contribution in [2.24, 2.45) is 0 Å². The van der Waals surface area contributed by atoms with Crippen LogP contribution in [0.3, 0.4) is 0 Å². The predicted octanol–water partition coefficient (Wildman–Crippen LogP) is 2.78. The van der Waals surface area contributed by atoms with E-state index in [-0.39, 0.29) is 0 Å². The van der Waals surface area contributed by atoms with Crippen molar-refractivity contribution in [3.05, 3.63) is 24.3 Å². The van der Waals surface area contributed by atoms with E-state index in [0.29, 0.717) is 24.1 Å². The molecular formula is C15H22N2O3. The molecule has 0 radical (unpaired) electrons. The largest absolute Gasteiger partial charge is 0.495 e. The Balaban J connectivity index is 1.72. The van der Waals surface area contributed by atoms with E-state index < -0.39 is 6.09 Å². The number of nitrogens with one attached hydrogen (secondary N) is 2. The number of piperidine rings is 1. The SMILES string of the molecule is COc1ccccc1NC(=O)OCCC1CCCCN1. The Bertz CT molecular complexity index is 431. The zero-order valence-electron chi connectivity index (χ0n) is 11.9. The lowest BCUT2D eigenvalue weighted by Crippen LogP contribution is -2.35. The van der Waals surface area contributed by atoms with Crippen molar-refractivity contribution in [1.82, 2.24) is 5.32 Å². The minimum atomic E-state index is -0.440. The molecule has 1 unspecified atom stereocenters. The Hall–Kier alpha value is -1.75. The summed E-state index contributed by atoms with van der Waals surface area (Å²) in [5, 5.41) is 6.12. The fourth-order valence-electron chi connectivity index (χ4n) is 2.36. The summed E-state index contributed by atoms with van der Waals surface area (Å²) >= 11 is 0. The number of hydrogen-bond donors (Lipinski definition) is 2. The van der Waals surface area contributed by atoms with Crippen molar-refractivity contribution in [3.63, 3.8) is 0 Å². The van der Waals surface area contributed by atoms with E-state index in [9.17, 15) is 4.79 Å². The zero-order chi connectivity index (χ0) is 14.2. The maximum Gasteiger partial charge on any atom is 0.411 e. The average Bonchev–Trinajstić information content (AvgIpc) is 2.49. The normalized spacial score (nSPS) is 18.4. The first-order valence-corrected chi connectivity index (χ1v) is 7.10. The van der Waals surface area contributed by atoms with E-state index >= 15 is 0 Å². The van der Waals surface area contributed by atoms with Gasteiger partial charge in [-0.05, 0) is 37.9 Å². The number of benzene rings is 1. The van der Waals surface area contributed by atoms with Crippen molar-refractivity contribution < 1.29 is 14.3 Å². The van der Waals surface area contributed by atoms with Crippen LogP contribution in [0.2, 0.25) is 0 Å². The first-order chi connectivity index (χ1) is 9.79. The highest BCUT2D eigenvalue weighted by Gasteiger charge is 2.13. The molecule has 1 saturated heterocycles. The maximum absolute atomic E-state index is 11.7. The molecule has 1 atom stereocenters. The fourth-order valence-corrected chi connectivity index (χ4v) is 2.36. The molecule has 0 aromatic heterocycles. The van der Waals surface area contributed by atoms with Crippen LogP contribution < -0.4 is 15.4 Å². The van der Waals surface area contributed by atoms with Crippen LogP contribution in [0.5, 0.6) is 5.75 Å². The highest BCUT2D eigenvalue weighted by atomic mass is 16.5.